The van der Waals surface area contributed by atoms with Crippen LogP contribution in [0.15, 0.2) is 122 Å². The lowest BCUT2D eigenvalue weighted by Gasteiger charge is -2.19. The first-order chi connectivity index (χ1) is 46.8. The van der Waals surface area contributed by atoms with Gasteiger partial charge in [-0.15, -0.1) is 0 Å². The first kappa shape index (κ1) is 91.4. The summed E-state index contributed by atoms with van der Waals surface area (Å²) in [5.41, 5.74) is 5.42. The van der Waals surface area contributed by atoms with Crippen LogP contribution in [0.2, 0.25) is 0 Å². The van der Waals surface area contributed by atoms with Crippen molar-refractivity contribution in [3.63, 3.8) is 0 Å². The van der Waals surface area contributed by atoms with Gasteiger partial charge in [-0.25, -0.2) is 4.57 Å². The molecule has 0 fully saturated rings. The molecule has 9 nitrogen and oxygen atoms in total. The molecule has 3 N–H and O–H groups in total. The van der Waals surface area contributed by atoms with Gasteiger partial charge in [0.15, 0.2) is 6.10 Å². The lowest BCUT2D eigenvalue weighted by Crippen LogP contribution is -2.29. The minimum atomic E-state index is -4.40. The van der Waals surface area contributed by atoms with Gasteiger partial charge in [0.2, 0.25) is 0 Å². The van der Waals surface area contributed by atoms with Crippen LogP contribution in [0, 0.1) is 0 Å². The third-order valence-electron chi connectivity index (χ3n) is 17.3. The average Bonchev–Trinajstić information content (AvgIpc) is 3.16. The zero-order chi connectivity index (χ0) is 68.6. The Hall–Kier alpha value is -3.59. The number of unbranched alkanes of at least 4 members (excludes halogenated alkanes) is 42. The quantitative estimate of drug-likeness (QED) is 0.0264. The van der Waals surface area contributed by atoms with Crippen LogP contribution in [0.5, 0.6) is 0 Å². The van der Waals surface area contributed by atoms with E-state index in [1.165, 1.54) is 244 Å². The number of hydrogen-bond acceptors (Lipinski definition) is 8. The van der Waals surface area contributed by atoms with Crippen LogP contribution < -0.4 is 5.73 Å². The van der Waals surface area contributed by atoms with Crippen LogP contribution in [-0.4, -0.2) is 49.3 Å². The summed E-state index contributed by atoms with van der Waals surface area (Å²) in [5.74, 6) is -0.816. The van der Waals surface area contributed by atoms with Crippen molar-refractivity contribution < 1.29 is 37.6 Å². The van der Waals surface area contributed by atoms with Crippen molar-refractivity contribution in [2.75, 3.05) is 26.4 Å². The molecule has 0 bridgehead atoms. The first-order valence-electron chi connectivity index (χ1n) is 40.0. The largest absolute Gasteiger partial charge is 0.472 e. The van der Waals surface area contributed by atoms with E-state index in [0.717, 1.165) is 96.3 Å². The Kier molecular flexibility index (Phi) is 76.4. The zero-order valence-electron chi connectivity index (χ0n) is 61.9. The lowest BCUT2D eigenvalue weighted by molar-refractivity contribution is -0.161. The van der Waals surface area contributed by atoms with E-state index in [1.807, 2.05) is 0 Å². The molecule has 0 spiro atoms. The number of allylic oxidation sites excluding steroid dienone is 20. The molecule has 0 amide bonds. The third-order valence-corrected chi connectivity index (χ3v) is 18.3. The number of phosphoric ester groups is 1. The Balaban J connectivity index is 3.82. The Bertz CT molecular complexity index is 1980. The molecule has 0 heterocycles. The van der Waals surface area contributed by atoms with Gasteiger partial charge in [0.25, 0.3) is 0 Å². The maximum Gasteiger partial charge on any atom is 0.472 e. The Morgan fingerprint density at radius 2 is 0.579 bits per heavy atom. The number of esters is 2. The summed E-state index contributed by atoms with van der Waals surface area (Å²) in [6.45, 7) is 3.66. The topological polar surface area (TPSA) is 134 Å². The number of rotatable bonds is 75. The number of hydrogen-bond donors (Lipinski definition) is 2. The molecule has 0 aliphatic rings. The van der Waals surface area contributed by atoms with Crippen LogP contribution in [-0.2, 0) is 32.7 Å². The van der Waals surface area contributed by atoms with E-state index in [9.17, 15) is 19.0 Å². The molecule has 0 saturated heterocycles. The summed E-state index contributed by atoms with van der Waals surface area (Å²) in [6, 6.07) is 0. The van der Waals surface area contributed by atoms with Crippen LogP contribution >= 0.6 is 7.82 Å². The predicted octanol–water partition coefficient (Wildman–Crippen LogP) is 27.0. The summed E-state index contributed by atoms with van der Waals surface area (Å²) in [5, 5.41) is 0. The van der Waals surface area contributed by atoms with Crippen LogP contribution in [0.4, 0.5) is 0 Å². The molecule has 10 heteroatoms. The van der Waals surface area contributed by atoms with Gasteiger partial charge in [0.1, 0.15) is 6.61 Å². The molecule has 0 radical (unpaired) electrons. The van der Waals surface area contributed by atoms with Crippen LogP contribution in [0.25, 0.3) is 0 Å². The molecular weight excluding hydrogens is 1190 g/mol. The fourth-order valence-corrected chi connectivity index (χ4v) is 12.2. The van der Waals surface area contributed by atoms with Gasteiger partial charge in [0.05, 0.1) is 13.2 Å². The smallest absolute Gasteiger partial charge is 0.462 e. The summed E-state index contributed by atoms with van der Waals surface area (Å²) in [6.07, 6.45) is 112. The van der Waals surface area contributed by atoms with Crippen LogP contribution in [0.1, 0.15) is 373 Å². The van der Waals surface area contributed by atoms with E-state index in [1.54, 1.807) is 0 Å². The van der Waals surface area contributed by atoms with Gasteiger partial charge in [-0.3, -0.25) is 18.6 Å². The number of carbonyl (C=O) groups is 2. The van der Waals surface area contributed by atoms with Crippen molar-refractivity contribution in [3.8, 4) is 0 Å². The second-order valence-electron chi connectivity index (χ2n) is 26.6. The van der Waals surface area contributed by atoms with E-state index in [2.05, 4.69) is 135 Å². The van der Waals surface area contributed by atoms with Gasteiger partial charge in [-0.05, 0) is 109 Å². The molecule has 2 atom stereocenters. The summed E-state index contributed by atoms with van der Waals surface area (Å²) in [4.78, 5) is 35.5. The molecule has 0 aromatic carbocycles. The molecule has 0 aromatic rings. The van der Waals surface area contributed by atoms with Gasteiger partial charge in [-0.1, -0.05) is 373 Å². The zero-order valence-corrected chi connectivity index (χ0v) is 62.8. The number of nitrogens with two attached hydrogens (primary N) is 1. The second kappa shape index (κ2) is 79.4. The number of ether oxygens (including phenoxy) is 2. The maximum absolute atomic E-state index is 12.8. The highest BCUT2D eigenvalue weighted by molar-refractivity contribution is 7.47. The van der Waals surface area contributed by atoms with Gasteiger partial charge < -0.3 is 20.1 Å². The van der Waals surface area contributed by atoms with Crippen molar-refractivity contribution in [2.45, 2.75) is 380 Å². The fraction of sp³-hybridized carbons (Fsp3) is 0.741. The molecule has 0 saturated carbocycles. The highest BCUT2D eigenvalue weighted by Crippen LogP contribution is 2.43. The van der Waals surface area contributed by atoms with Crippen molar-refractivity contribution in [2.24, 2.45) is 5.73 Å². The minimum Gasteiger partial charge on any atom is -0.462 e. The molecule has 548 valence electrons. The normalized spacial score (nSPS) is 13.5. The molecule has 95 heavy (non-hydrogen) atoms. The third kappa shape index (κ3) is 79.3. The van der Waals surface area contributed by atoms with Crippen molar-refractivity contribution in [1.82, 2.24) is 0 Å². The first-order valence-corrected chi connectivity index (χ1v) is 41.5. The van der Waals surface area contributed by atoms with E-state index in [-0.39, 0.29) is 38.6 Å². The highest BCUT2D eigenvalue weighted by atomic mass is 31.2. The van der Waals surface area contributed by atoms with Gasteiger partial charge >= 0.3 is 19.8 Å². The number of phosphoric acid groups is 1. The summed E-state index contributed by atoms with van der Waals surface area (Å²) >= 11 is 0. The molecule has 2 unspecified atom stereocenters. The standard InChI is InChI=1S/C85H150NO8P/c1-3-5-7-9-11-13-15-17-19-21-23-25-27-29-31-33-35-37-39-40-41-42-44-46-48-50-52-54-56-58-60-62-64-66-68-70-72-74-76-78-85(88)94-83(82-93-95(89,90)92-80-79-86)81-91-84(87)77-75-73-71-69-67-65-63-61-59-57-55-53-51-49-47-45-43-38-36-34-32-30-28-26-24-22-20-18-16-14-12-10-8-6-4-2/h5,7,11,13,16-19,22-25,29,31,35,37,40-41,44,46,83H,3-4,6,8-10,12,14-15,20-21,26-28,30,32-34,36,38-39,42-43,45,47-82,86H2,1-2H3,(H,89,90)/b7-5-,13-11-,18-16-,19-17-,24-22-,25-23-,31-29-,37-35-,41-40-,46-44-. The monoisotopic (exact) mass is 1340 g/mol. The van der Waals surface area contributed by atoms with Crippen molar-refractivity contribution in [3.05, 3.63) is 122 Å². The molecule has 0 aliphatic carbocycles. The lowest BCUT2D eigenvalue weighted by atomic mass is 10.0. The van der Waals surface area contributed by atoms with Gasteiger partial charge in [-0.2, -0.15) is 0 Å². The average molecular weight is 1350 g/mol. The Morgan fingerprint density at radius 3 is 0.863 bits per heavy atom. The Morgan fingerprint density at radius 1 is 0.326 bits per heavy atom. The number of carbonyl (C=O) groups excluding carboxylic acids is 2. The summed E-state index contributed by atoms with van der Waals surface area (Å²) in [7, 11) is -4.40. The van der Waals surface area contributed by atoms with Crippen LogP contribution in [0.3, 0.4) is 0 Å². The van der Waals surface area contributed by atoms with E-state index in [4.69, 9.17) is 24.3 Å². The van der Waals surface area contributed by atoms with E-state index >= 15 is 0 Å². The van der Waals surface area contributed by atoms with Crippen molar-refractivity contribution in [1.29, 1.82) is 0 Å². The van der Waals surface area contributed by atoms with Gasteiger partial charge in [0, 0.05) is 19.4 Å². The Labute approximate surface area is 587 Å². The van der Waals surface area contributed by atoms with E-state index < -0.39 is 26.5 Å². The summed E-state index contributed by atoms with van der Waals surface area (Å²) < 4.78 is 33.3. The molecular formula is C85H150NO8P. The highest BCUT2D eigenvalue weighted by Gasteiger charge is 2.26. The molecule has 0 rings (SSSR count). The van der Waals surface area contributed by atoms with E-state index in [0.29, 0.717) is 6.42 Å². The predicted molar refractivity (Wildman–Crippen MR) is 413 cm³/mol. The molecule has 0 aromatic heterocycles. The molecule has 0 aliphatic heterocycles. The van der Waals surface area contributed by atoms with Crippen molar-refractivity contribution >= 4 is 19.8 Å². The second-order valence-corrected chi connectivity index (χ2v) is 28.0. The SMILES string of the molecule is CC/C=C\C/C=C\C/C=C\C/C=C\C/C=C\C/C=C\C/C=C\C/C=C\CCCCCCCCCCCCCCCCC(=O)OC(COC(=O)CCCCCCCCCCCCCCCCCCCCCCCCC/C=C\C/C=C\CCCCCCC)COP(=O)(O)OCCN. The minimum absolute atomic E-state index is 0.0511. The maximum atomic E-state index is 12.8. The fourth-order valence-electron chi connectivity index (χ4n) is 11.5.